The van der Waals surface area contributed by atoms with Crippen molar-refractivity contribution >= 4 is 0 Å². The van der Waals surface area contributed by atoms with E-state index in [0.29, 0.717) is 6.04 Å². The Labute approximate surface area is 106 Å². The van der Waals surface area contributed by atoms with Crippen LogP contribution in [0.3, 0.4) is 0 Å². The molecule has 0 bridgehead atoms. The van der Waals surface area contributed by atoms with Gasteiger partial charge in [-0.05, 0) is 45.9 Å². The molecule has 2 N–H and O–H groups in total. The summed E-state index contributed by atoms with van der Waals surface area (Å²) in [7, 11) is 4.37. The molecule has 0 aromatic rings. The summed E-state index contributed by atoms with van der Waals surface area (Å²) < 4.78 is 0. The lowest BCUT2D eigenvalue weighted by molar-refractivity contribution is 0.146. The Morgan fingerprint density at radius 2 is 1.82 bits per heavy atom. The SMILES string of the molecule is CNC(CN1CCNCC1)C1CCN(C)CC1. The van der Waals surface area contributed by atoms with E-state index in [2.05, 4.69) is 34.5 Å². The van der Waals surface area contributed by atoms with E-state index >= 15 is 0 Å². The molecule has 0 aromatic heterocycles. The lowest BCUT2D eigenvalue weighted by Gasteiger charge is -2.38. The summed E-state index contributed by atoms with van der Waals surface area (Å²) in [6, 6.07) is 0.682. The van der Waals surface area contributed by atoms with Gasteiger partial charge >= 0.3 is 0 Å². The summed E-state index contributed by atoms with van der Waals surface area (Å²) in [5.74, 6) is 0.867. The number of likely N-dealkylation sites (tertiary alicyclic amines) is 1. The normalized spacial score (nSPS) is 27.2. The number of piperidine rings is 1. The van der Waals surface area contributed by atoms with Crippen LogP contribution < -0.4 is 10.6 Å². The van der Waals surface area contributed by atoms with E-state index in [4.69, 9.17) is 0 Å². The Balaban J connectivity index is 1.78. The molecule has 4 heteroatoms. The summed E-state index contributed by atoms with van der Waals surface area (Å²) in [6.45, 7) is 8.50. The maximum atomic E-state index is 3.55. The summed E-state index contributed by atoms with van der Waals surface area (Å²) in [6.07, 6.45) is 2.71. The Hall–Kier alpha value is -0.160. The molecule has 2 saturated heterocycles. The number of rotatable bonds is 4. The molecule has 2 heterocycles. The molecular formula is C13H28N4. The van der Waals surface area contributed by atoms with Crippen molar-refractivity contribution in [3.05, 3.63) is 0 Å². The third-order valence-electron chi connectivity index (χ3n) is 4.37. The minimum absolute atomic E-state index is 0.682. The lowest BCUT2D eigenvalue weighted by Crippen LogP contribution is -2.52. The highest BCUT2D eigenvalue weighted by molar-refractivity contribution is 4.84. The van der Waals surface area contributed by atoms with E-state index < -0.39 is 0 Å². The molecule has 2 rings (SSSR count). The fourth-order valence-electron chi connectivity index (χ4n) is 3.08. The third-order valence-corrected chi connectivity index (χ3v) is 4.37. The van der Waals surface area contributed by atoms with Crippen molar-refractivity contribution in [1.29, 1.82) is 0 Å². The maximum absolute atomic E-state index is 3.55. The number of hydrogen-bond acceptors (Lipinski definition) is 4. The van der Waals surface area contributed by atoms with Gasteiger partial charge in [-0.25, -0.2) is 0 Å². The largest absolute Gasteiger partial charge is 0.315 e. The van der Waals surface area contributed by atoms with Crippen LogP contribution in [0.25, 0.3) is 0 Å². The predicted molar refractivity (Wildman–Crippen MR) is 72.4 cm³/mol. The van der Waals surface area contributed by atoms with E-state index in [-0.39, 0.29) is 0 Å². The van der Waals surface area contributed by atoms with Crippen molar-refractivity contribution in [3.8, 4) is 0 Å². The van der Waals surface area contributed by atoms with Crippen LogP contribution in [0.2, 0.25) is 0 Å². The van der Waals surface area contributed by atoms with E-state index in [1.165, 1.54) is 45.6 Å². The number of piperazine rings is 1. The van der Waals surface area contributed by atoms with Gasteiger partial charge in [-0.15, -0.1) is 0 Å². The van der Waals surface area contributed by atoms with Crippen LogP contribution >= 0.6 is 0 Å². The fourth-order valence-corrected chi connectivity index (χ4v) is 3.08. The van der Waals surface area contributed by atoms with Gasteiger partial charge in [0.1, 0.15) is 0 Å². The average Bonchev–Trinajstić information content (AvgIpc) is 2.38. The zero-order valence-electron chi connectivity index (χ0n) is 11.4. The Kier molecular flexibility index (Phi) is 5.22. The number of hydrogen-bond donors (Lipinski definition) is 2. The quantitative estimate of drug-likeness (QED) is 0.714. The van der Waals surface area contributed by atoms with Gasteiger partial charge in [0.2, 0.25) is 0 Å². The maximum Gasteiger partial charge on any atom is 0.0221 e. The molecule has 4 nitrogen and oxygen atoms in total. The smallest absolute Gasteiger partial charge is 0.0221 e. The number of nitrogens with one attached hydrogen (secondary N) is 2. The van der Waals surface area contributed by atoms with E-state index in [9.17, 15) is 0 Å². The Morgan fingerprint density at radius 1 is 1.18 bits per heavy atom. The topological polar surface area (TPSA) is 30.5 Å². The highest BCUT2D eigenvalue weighted by Crippen LogP contribution is 2.20. The van der Waals surface area contributed by atoms with Gasteiger partial charge < -0.3 is 15.5 Å². The molecule has 2 aliphatic rings. The van der Waals surface area contributed by atoms with Crippen LogP contribution in [0.1, 0.15) is 12.8 Å². The standard InChI is InChI=1S/C13H28N4/c1-14-13(11-17-9-5-15-6-10-17)12-3-7-16(2)8-4-12/h12-15H,3-11H2,1-2H3. The van der Waals surface area contributed by atoms with Crippen LogP contribution in [0, 0.1) is 5.92 Å². The minimum Gasteiger partial charge on any atom is -0.315 e. The van der Waals surface area contributed by atoms with Gasteiger partial charge in [0.05, 0.1) is 0 Å². The number of likely N-dealkylation sites (N-methyl/N-ethyl adjacent to an activating group) is 1. The molecule has 2 aliphatic heterocycles. The molecule has 17 heavy (non-hydrogen) atoms. The van der Waals surface area contributed by atoms with Crippen molar-refractivity contribution in [2.24, 2.45) is 5.92 Å². The van der Waals surface area contributed by atoms with Gasteiger partial charge in [0.15, 0.2) is 0 Å². The minimum atomic E-state index is 0.682. The second kappa shape index (κ2) is 6.69. The zero-order chi connectivity index (χ0) is 12.1. The average molecular weight is 240 g/mol. The van der Waals surface area contributed by atoms with Crippen molar-refractivity contribution in [2.75, 3.05) is 59.9 Å². The zero-order valence-corrected chi connectivity index (χ0v) is 11.4. The van der Waals surface area contributed by atoms with Crippen LogP contribution in [-0.2, 0) is 0 Å². The highest BCUT2D eigenvalue weighted by atomic mass is 15.2. The molecule has 0 aliphatic carbocycles. The van der Waals surface area contributed by atoms with Crippen molar-refractivity contribution < 1.29 is 0 Å². The van der Waals surface area contributed by atoms with Gasteiger partial charge in [0, 0.05) is 38.8 Å². The van der Waals surface area contributed by atoms with Crippen molar-refractivity contribution in [3.63, 3.8) is 0 Å². The third kappa shape index (κ3) is 3.91. The fraction of sp³-hybridized carbons (Fsp3) is 1.00. The second-order valence-corrected chi connectivity index (χ2v) is 5.59. The molecule has 1 atom stereocenters. The first-order valence-electron chi connectivity index (χ1n) is 7.08. The van der Waals surface area contributed by atoms with Crippen molar-refractivity contribution in [2.45, 2.75) is 18.9 Å². The second-order valence-electron chi connectivity index (χ2n) is 5.59. The van der Waals surface area contributed by atoms with E-state index in [1.807, 2.05) is 0 Å². The van der Waals surface area contributed by atoms with E-state index in [1.54, 1.807) is 0 Å². The lowest BCUT2D eigenvalue weighted by atomic mass is 9.89. The van der Waals surface area contributed by atoms with Gasteiger partial charge in [-0.2, -0.15) is 0 Å². The molecule has 1 unspecified atom stereocenters. The number of nitrogens with zero attached hydrogens (tertiary/aromatic N) is 2. The molecule has 0 amide bonds. The first kappa shape index (κ1) is 13.3. The molecule has 0 saturated carbocycles. The van der Waals surface area contributed by atoms with Gasteiger partial charge in [-0.3, -0.25) is 4.90 Å². The Morgan fingerprint density at radius 3 is 2.41 bits per heavy atom. The predicted octanol–water partition coefficient (Wildman–Crippen LogP) is -0.179. The summed E-state index contributed by atoms with van der Waals surface area (Å²) in [4.78, 5) is 5.06. The molecule has 0 radical (unpaired) electrons. The van der Waals surface area contributed by atoms with Crippen LogP contribution in [0.4, 0.5) is 0 Å². The van der Waals surface area contributed by atoms with E-state index in [0.717, 1.165) is 19.0 Å². The molecular weight excluding hydrogens is 212 g/mol. The monoisotopic (exact) mass is 240 g/mol. The summed E-state index contributed by atoms with van der Waals surface area (Å²) >= 11 is 0. The van der Waals surface area contributed by atoms with Gasteiger partial charge in [-0.1, -0.05) is 0 Å². The van der Waals surface area contributed by atoms with Crippen LogP contribution in [-0.4, -0.2) is 75.8 Å². The molecule has 100 valence electrons. The molecule has 0 spiro atoms. The van der Waals surface area contributed by atoms with Gasteiger partial charge in [0.25, 0.3) is 0 Å². The molecule has 2 fully saturated rings. The summed E-state index contributed by atoms with van der Waals surface area (Å²) in [5, 5.41) is 6.98. The first-order chi connectivity index (χ1) is 8.29. The highest BCUT2D eigenvalue weighted by Gasteiger charge is 2.26. The van der Waals surface area contributed by atoms with Crippen LogP contribution in [0.15, 0.2) is 0 Å². The first-order valence-corrected chi connectivity index (χ1v) is 7.08. The molecule has 0 aromatic carbocycles. The van der Waals surface area contributed by atoms with Crippen molar-refractivity contribution in [1.82, 2.24) is 20.4 Å². The Bertz CT molecular complexity index is 207. The van der Waals surface area contributed by atoms with Crippen LogP contribution in [0.5, 0.6) is 0 Å². The summed E-state index contributed by atoms with van der Waals surface area (Å²) in [5.41, 5.74) is 0.